The molecule has 4 nitrogen and oxygen atoms in total. The van der Waals surface area contributed by atoms with Gasteiger partial charge in [-0.1, -0.05) is 12.2 Å². The number of nitrogens with one attached hydrogen (secondary N) is 1. The summed E-state index contributed by atoms with van der Waals surface area (Å²) < 4.78 is 4.67. The zero-order valence-electron chi connectivity index (χ0n) is 8.86. The molecule has 0 radical (unpaired) electrons. The number of carbonyl (C=O) groups excluding carboxylic acids is 1. The standard InChI is InChI=1S/C11H14N2O2/c1-12-6-3-4-9-8-13-7-5-10(9)11(14)15-2/h3-5,7-8,12H,6H2,1-2H3. The summed E-state index contributed by atoms with van der Waals surface area (Å²) in [5.41, 5.74) is 1.29. The molecule has 4 heteroatoms. The quantitative estimate of drug-likeness (QED) is 0.749. The first-order valence-corrected chi connectivity index (χ1v) is 4.63. The molecule has 0 amide bonds. The summed E-state index contributed by atoms with van der Waals surface area (Å²) in [4.78, 5) is 15.3. The summed E-state index contributed by atoms with van der Waals surface area (Å²) in [7, 11) is 3.22. The van der Waals surface area contributed by atoms with Crippen molar-refractivity contribution >= 4 is 12.0 Å². The van der Waals surface area contributed by atoms with Crippen LogP contribution < -0.4 is 5.32 Å². The van der Waals surface area contributed by atoms with E-state index < -0.39 is 0 Å². The number of ether oxygens (including phenoxy) is 1. The van der Waals surface area contributed by atoms with Gasteiger partial charge >= 0.3 is 5.97 Å². The number of aromatic nitrogens is 1. The molecule has 1 N–H and O–H groups in total. The number of methoxy groups -OCH3 is 1. The van der Waals surface area contributed by atoms with Gasteiger partial charge in [0, 0.05) is 24.5 Å². The monoisotopic (exact) mass is 206 g/mol. The molecule has 0 atom stereocenters. The highest BCUT2D eigenvalue weighted by atomic mass is 16.5. The molecule has 0 aliphatic carbocycles. The Morgan fingerprint density at radius 1 is 1.67 bits per heavy atom. The van der Waals surface area contributed by atoms with E-state index in [0.717, 1.165) is 12.1 Å². The van der Waals surface area contributed by atoms with E-state index in [0.29, 0.717) is 5.56 Å². The first kappa shape index (κ1) is 11.4. The summed E-state index contributed by atoms with van der Waals surface area (Å²) in [5.74, 6) is -0.346. The molecule has 0 saturated carbocycles. The number of hydrogen-bond acceptors (Lipinski definition) is 4. The lowest BCUT2D eigenvalue weighted by molar-refractivity contribution is 0.0600. The maximum atomic E-state index is 11.4. The van der Waals surface area contributed by atoms with Crippen LogP contribution in [0.3, 0.4) is 0 Å². The molecule has 1 heterocycles. The molecule has 0 bridgehead atoms. The van der Waals surface area contributed by atoms with E-state index in [1.165, 1.54) is 7.11 Å². The van der Waals surface area contributed by atoms with Crippen LogP contribution in [0.5, 0.6) is 0 Å². The molecular weight excluding hydrogens is 192 g/mol. The van der Waals surface area contributed by atoms with Gasteiger partial charge in [-0.2, -0.15) is 0 Å². The summed E-state index contributed by atoms with van der Waals surface area (Å²) in [6.07, 6.45) is 6.97. The topological polar surface area (TPSA) is 51.2 Å². The number of rotatable bonds is 4. The van der Waals surface area contributed by atoms with E-state index >= 15 is 0 Å². The van der Waals surface area contributed by atoms with Crippen molar-refractivity contribution in [3.8, 4) is 0 Å². The Balaban J connectivity index is 2.91. The maximum Gasteiger partial charge on any atom is 0.338 e. The van der Waals surface area contributed by atoms with Crippen molar-refractivity contribution in [2.24, 2.45) is 0 Å². The molecule has 80 valence electrons. The second-order valence-corrected chi connectivity index (χ2v) is 2.91. The lowest BCUT2D eigenvalue weighted by Crippen LogP contribution is -2.05. The highest BCUT2D eigenvalue weighted by molar-refractivity contribution is 5.93. The fraction of sp³-hybridized carbons (Fsp3) is 0.273. The highest BCUT2D eigenvalue weighted by Gasteiger charge is 2.08. The Kier molecular flexibility index (Phi) is 4.50. The van der Waals surface area contributed by atoms with E-state index in [2.05, 4.69) is 15.0 Å². The third-order valence-corrected chi connectivity index (χ3v) is 1.88. The van der Waals surface area contributed by atoms with Gasteiger partial charge in [0.05, 0.1) is 12.7 Å². The van der Waals surface area contributed by atoms with Crippen molar-refractivity contribution in [2.45, 2.75) is 0 Å². The number of carbonyl (C=O) groups is 1. The Morgan fingerprint density at radius 3 is 3.13 bits per heavy atom. The van der Waals surface area contributed by atoms with E-state index in [1.54, 1.807) is 18.5 Å². The van der Waals surface area contributed by atoms with E-state index in [1.807, 2.05) is 19.2 Å². The molecule has 1 aromatic heterocycles. The van der Waals surface area contributed by atoms with Crippen molar-refractivity contribution in [1.29, 1.82) is 0 Å². The Bertz CT molecular complexity index is 361. The van der Waals surface area contributed by atoms with E-state index in [-0.39, 0.29) is 5.97 Å². The molecule has 0 fully saturated rings. The Labute approximate surface area is 89.0 Å². The van der Waals surface area contributed by atoms with Gasteiger partial charge in [-0.05, 0) is 13.1 Å². The SMILES string of the molecule is CNCC=Cc1cnccc1C(=O)OC. The third kappa shape index (κ3) is 3.18. The first-order valence-electron chi connectivity index (χ1n) is 4.63. The summed E-state index contributed by atoms with van der Waals surface area (Å²) in [6, 6.07) is 1.64. The number of esters is 1. The smallest absolute Gasteiger partial charge is 0.338 e. The third-order valence-electron chi connectivity index (χ3n) is 1.88. The summed E-state index contributed by atoms with van der Waals surface area (Å²) in [5, 5.41) is 2.98. The van der Waals surface area contributed by atoms with Crippen LogP contribution in [-0.2, 0) is 4.74 Å². The molecule has 15 heavy (non-hydrogen) atoms. The molecule has 0 aromatic carbocycles. The zero-order valence-corrected chi connectivity index (χ0v) is 8.86. The van der Waals surface area contributed by atoms with Crippen molar-refractivity contribution in [1.82, 2.24) is 10.3 Å². The molecule has 1 aromatic rings. The van der Waals surface area contributed by atoms with E-state index in [9.17, 15) is 4.79 Å². The molecule has 0 spiro atoms. The molecular formula is C11H14N2O2. The predicted octanol–water partition coefficient (Wildman–Crippen LogP) is 1.10. The van der Waals surface area contributed by atoms with Crippen molar-refractivity contribution < 1.29 is 9.53 Å². The van der Waals surface area contributed by atoms with Gasteiger partial charge in [0.1, 0.15) is 0 Å². The van der Waals surface area contributed by atoms with Crippen molar-refractivity contribution in [3.63, 3.8) is 0 Å². The molecule has 0 saturated heterocycles. The minimum Gasteiger partial charge on any atom is -0.465 e. The second-order valence-electron chi connectivity index (χ2n) is 2.91. The fourth-order valence-electron chi connectivity index (χ4n) is 1.14. The van der Waals surface area contributed by atoms with Crippen LogP contribution in [-0.4, -0.2) is 31.7 Å². The number of hydrogen-bond donors (Lipinski definition) is 1. The van der Waals surface area contributed by atoms with Crippen LogP contribution in [0.25, 0.3) is 6.08 Å². The predicted molar refractivity (Wildman–Crippen MR) is 58.5 cm³/mol. The van der Waals surface area contributed by atoms with Crippen LogP contribution >= 0.6 is 0 Å². The maximum absolute atomic E-state index is 11.4. The normalized spacial score (nSPS) is 10.5. The van der Waals surface area contributed by atoms with Crippen molar-refractivity contribution in [2.75, 3.05) is 20.7 Å². The van der Waals surface area contributed by atoms with Gasteiger partial charge in [-0.3, -0.25) is 4.98 Å². The van der Waals surface area contributed by atoms with Crippen LogP contribution in [0.2, 0.25) is 0 Å². The average Bonchev–Trinajstić information content (AvgIpc) is 2.29. The number of nitrogens with zero attached hydrogens (tertiary/aromatic N) is 1. The molecule has 1 rings (SSSR count). The van der Waals surface area contributed by atoms with Gasteiger partial charge in [-0.15, -0.1) is 0 Å². The zero-order chi connectivity index (χ0) is 11.1. The van der Waals surface area contributed by atoms with Crippen molar-refractivity contribution in [3.05, 3.63) is 35.7 Å². The summed E-state index contributed by atoms with van der Waals surface area (Å²) >= 11 is 0. The minimum atomic E-state index is -0.346. The van der Waals surface area contributed by atoms with Crippen LogP contribution in [0, 0.1) is 0 Å². The second kappa shape index (κ2) is 5.93. The highest BCUT2D eigenvalue weighted by Crippen LogP contribution is 2.09. The lowest BCUT2D eigenvalue weighted by Gasteiger charge is -2.02. The summed E-state index contributed by atoms with van der Waals surface area (Å²) in [6.45, 7) is 0.746. The van der Waals surface area contributed by atoms with Gasteiger partial charge in [0.25, 0.3) is 0 Å². The minimum absolute atomic E-state index is 0.346. The average molecular weight is 206 g/mol. The lowest BCUT2D eigenvalue weighted by atomic mass is 10.1. The molecule has 0 aliphatic heterocycles. The van der Waals surface area contributed by atoms with Gasteiger partial charge in [-0.25, -0.2) is 4.79 Å². The van der Waals surface area contributed by atoms with E-state index in [4.69, 9.17) is 0 Å². The fourth-order valence-corrected chi connectivity index (χ4v) is 1.14. The Hall–Kier alpha value is -1.68. The van der Waals surface area contributed by atoms with Gasteiger partial charge < -0.3 is 10.1 Å². The van der Waals surface area contributed by atoms with Gasteiger partial charge in [0.2, 0.25) is 0 Å². The van der Waals surface area contributed by atoms with Gasteiger partial charge in [0.15, 0.2) is 0 Å². The molecule has 0 unspecified atom stereocenters. The Morgan fingerprint density at radius 2 is 2.47 bits per heavy atom. The molecule has 0 aliphatic rings. The first-order chi connectivity index (χ1) is 7.29. The number of likely N-dealkylation sites (N-methyl/N-ethyl adjacent to an activating group) is 1. The van der Waals surface area contributed by atoms with Crippen LogP contribution in [0.15, 0.2) is 24.5 Å². The van der Waals surface area contributed by atoms with Crippen LogP contribution in [0.1, 0.15) is 15.9 Å². The number of pyridine rings is 1. The van der Waals surface area contributed by atoms with Crippen LogP contribution in [0.4, 0.5) is 0 Å². The largest absolute Gasteiger partial charge is 0.465 e.